The van der Waals surface area contributed by atoms with E-state index in [4.69, 9.17) is 18.9 Å². The second-order valence-electron chi connectivity index (χ2n) is 10.7. The average Bonchev–Trinajstić information content (AvgIpc) is 2.79. The molecule has 0 radical (unpaired) electrons. The number of carbonyl (C=O) groups is 1. The third-order valence-corrected chi connectivity index (χ3v) is 7.20. The van der Waals surface area contributed by atoms with Gasteiger partial charge in [0.2, 0.25) is 0 Å². The Balaban J connectivity index is 1.76. The van der Waals surface area contributed by atoms with Crippen LogP contribution in [0.4, 0.5) is 0 Å². The van der Waals surface area contributed by atoms with Crippen molar-refractivity contribution in [2.45, 2.75) is 109 Å². The van der Waals surface area contributed by atoms with Crippen LogP contribution in [0.2, 0.25) is 0 Å². The zero-order chi connectivity index (χ0) is 26.9. The van der Waals surface area contributed by atoms with Crippen LogP contribution in [-0.2, 0) is 23.7 Å². The van der Waals surface area contributed by atoms with Gasteiger partial charge in [0.15, 0.2) is 18.4 Å². The van der Waals surface area contributed by atoms with E-state index in [0.29, 0.717) is 6.42 Å². The smallest absolute Gasteiger partial charge is 0.187 e. The van der Waals surface area contributed by atoms with Crippen molar-refractivity contribution in [3.63, 3.8) is 0 Å². The molecule has 0 amide bonds. The van der Waals surface area contributed by atoms with Crippen LogP contribution in [0.3, 0.4) is 0 Å². The monoisotopic (exact) mass is 516 g/mol. The minimum Gasteiger partial charge on any atom is -0.394 e. The Morgan fingerprint density at radius 3 is 2.33 bits per heavy atom. The number of allylic oxidation sites excluding steroid dienone is 3. The Kier molecular flexibility index (Phi) is 9.48. The number of hydrogen-bond donors (Lipinski definition) is 6. The number of ether oxygens (including phenoxy) is 4. The summed E-state index contributed by atoms with van der Waals surface area (Å²) in [5, 5.41) is 61.0. The molecular formula is C25H40O11. The van der Waals surface area contributed by atoms with E-state index in [1.165, 1.54) is 6.92 Å². The molecule has 206 valence electrons. The van der Waals surface area contributed by atoms with Crippen molar-refractivity contribution >= 4 is 5.78 Å². The fourth-order valence-corrected chi connectivity index (χ4v) is 5.10. The topological polar surface area (TPSA) is 175 Å². The first kappa shape index (κ1) is 29.3. The summed E-state index contributed by atoms with van der Waals surface area (Å²) in [6.07, 6.45) is -8.55. The molecule has 0 spiro atoms. The molecule has 2 heterocycles. The van der Waals surface area contributed by atoms with Gasteiger partial charge in [0.05, 0.1) is 18.8 Å². The molecule has 36 heavy (non-hydrogen) atoms. The molecule has 11 nitrogen and oxygen atoms in total. The van der Waals surface area contributed by atoms with Crippen LogP contribution in [-0.4, -0.2) is 111 Å². The van der Waals surface area contributed by atoms with E-state index >= 15 is 0 Å². The second-order valence-corrected chi connectivity index (χ2v) is 10.7. The summed E-state index contributed by atoms with van der Waals surface area (Å²) >= 11 is 0. The predicted octanol–water partition coefficient (Wildman–Crippen LogP) is -0.839. The molecule has 0 unspecified atom stereocenters. The number of aliphatic hydroxyl groups excluding tert-OH is 6. The van der Waals surface area contributed by atoms with E-state index in [1.54, 1.807) is 19.1 Å². The summed E-state index contributed by atoms with van der Waals surface area (Å²) in [7, 11) is 0. The van der Waals surface area contributed by atoms with Crippen molar-refractivity contribution in [3.8, 4) is 0 Å². The number of carbonyl (C=O) groups excluding carboxylic acids is 1. The summed E-state index contributed by atoms with van der Waals surface area (Å²) in [5.41, 5.74) is 0.657. The summed E-state index contributed by atoms with van der Waals surface area (Å²) in [5.74, 6) is 0.0853. The van der Waals surface area contributed by atoms with Crippen LogP contribution >= 0.6 is 0 Å². The van der Waals surface area contributed by atoms with E-state index in [-0.39, 0.29) is 17.1 Å². The van der Waals surface area contributed by atoms with Gasteiger partial charge in [-0.05, 0) is 32.3 Å². The van der Waals surface area contributed by atoms with Gasteiger partial charge in [-0.25, -0.2) is 0 Å². The SMILES string of the molecule is CC1=CC(=O)CC(C)(C)[C@@H]1/C=C/[C@H](C)O[C@H]1O[C@@H](CO)[C@H](O)[C@@H](O)[C@@H]1O[C@@H]1O[C@@H](C)[C@H](O)[C@@H](O)[C@H]1O. The molecule has 2 aliphatic heterocycles. The Morgan fingerprint density at radius 1 is 1.06 bits per heavy atom. The lowest BCUT2D eigenvalue weighted by atomic mass is 9.68. The molecule has 1 aliphatic carbocycles. The van der Waals surface area contributed by atoms with E-state index in [2.05, 4.69) is 0 Å². The molecule has 2 saturated heterocycles. The fourth-order valence-electron chi connectivity index (χ4n) is 5.10. The number of aliphatic hydroxyl groups is 6. The van der Waals surface area contributed by atoms with Crippen LogP contribution in [0.15, 0.2) is 23.8 Å². The van der Waals surface area contributed by atoms with Crippen LogP contribution in [0.1, 0.15) is 41.0 Å². The van der Waals surface area contributed by atoms with Gasteiger partial charge in [0.1, 0.15) is 42.7 Å². The van der Waals surface area contributed by atoms with Crippen molar-refractivity contribution in [2.24, 2.45) is 11.3 Å². The van der Waals surface area contributed by atoms with Crippen molar-refractivity contribution in [1.29, 1.82) is 0 Å². The molecule has 0 aromatic heterocycles. The summed E-state index contributed by atoms with van der Waals surface area (Å²) in [6.45, 7) is 8.56. The highest BCUT2D eigenvalue weighted by Gasteiger charge is 2.50. The zero-order valence-corrected chi connectivity index (χ0v) is 21.3. The first-order valence-electron chi connectivity index (χ1n) is 12.3. The quantitative estimate of drug-likeness (QED) is 0.233. The minimum absolute atomic E-state index is 0.00152. The van der Waals surface area contributed by atoms with Gasteiger partial charge in [-0.2, -0.15) is 0 Å². The Labute approximate surface area is 210 Å². The molecule has 3 aliphatic rings. The van der Waals surface area contributed by atoms with Crippen molar-refractivity contribution < 1.29 is 54.4 Å². The maximum Gasteiger partial charge on any atom is 0.187 e. The second kappa shape index (κ2) is 11.6. The van der Waals surface area contributed by atoms with E-state index in [1.807, 2.05) is 26.8 Å². The predicted molar refractivity (Wildman–Crippen MR) is 125 cm³/mol. The normalized spacial score (nSPS) is 44.5. The van der Waals surface area contributed by atoms with Gasteiger partial charge < -0.3 is 49.6 Å². The molecule has 2 fully saturated rings. The molecule has 0 aromatic rings. The highest BCUT2D eigenvalue weighted by atomic mass is 16.8. The molecule has 6 N–H and O–H groups in total. The third-order valence-electron chi connectivity index (χ3n) is 7.20. The Morgan fingerprint density at radius 2 is 1.72 bits per heavy atom. The largest absolute Gasteiger partial charge is 0.394 e. The standard InChI is InChI=1S/C25H40O11/c1-11-8-14(27)9-25(4,5)15(11)7-6-12(2)33-24-22(20(31)18(29)16(10-26)35-24)36-23-21(32)19(30)17(28)13(3)34-23/h6-8,12-13,15-24,26,28-32H,9-10H2,1-5H3/b7-6+/t12-,13-,15+,16-,17-,18-,19+,20+,21+,22-,23-,24-/m0/s1. The van der Waals surface area contributed by atoms with Gasteiger partial charge >= 0.3 is 0 Å². The molecular weight excluding hydrogens is 476 g/mol. The minimum atomic E-state index is -1.64. The first-order chi connectivity index (χ1) is 16.8. The van der Waals surface area contributed by atoms with Crippen molar-refractivity contribution in [1.82, 2.24) is 0 Å². The van der Waals surface area contributed by atoms with Gasteiger partial charge in [0, 0.05) is 12.3 Å². The van der Waals surface area contributed by atoms with E-state index < -0.39 is 74.1 Å². The average molecular weight is 517 g/mol. The van der Waals surface area contributed by atoms with Gasteiger partial charge in [0.25, 0.3) is 0 Å². The van der Waals surface area contributed by atoms with E-state index in [9.17, 15) is 35.4 Å². The molecule has 0 aromatic carbocycles. The molecule has 0 saturated carbocycles. The van der Waals surface area contributed by atoms with Gasteiger partial charge in [-0.3, -0.25) is 4.79 Å². The summed E-state index contributed by atoms with van der Waals surface area (Å²) in [4.78, 5) is 12.0. The summed E-state index contributed by atoms with van der Waals surface area (Å²) in [6, 6.07) is 0. The van der Waals surface area contributed by atoms with Crippen LogP contribution in [0.5, 0.6) is 0 Å². The summed E-state index contributed by atoms with van der Waals surface area (Å²) < 4.78 is 22.8. The molecule has 0 bridgehead atoms. The third kappa shape index (κ3) is 6.24. The molecule has 3 rings (SSSR count). The number of rotatable bonds is 7. The van der Waals surface area contributed by atoms with Gasteiger partial charge in [-0.1, -0.05) is 31.6 Å². The van der Waals surface area contributed by atoms with Crippen LogP contribution in [0, 0.1) is 11.3 Å². The lowest BCUT2D eigenvalue weighted by Gasteiger charge is -2.46. The maximum atomic E-state index is 12.0. The fraction of sp³-hybridized carbons (Fsp3) is 0.800. The number of ketones is 1. The van der Waals surface area contributed by atoms with Crippen molar-refractivity contribution in [3.05, 3.63) is 23.8 Å². The highest BCUT2D eigenvalue weighted by molar-refractivity contribution is 5.92. The molecule has 12 atom stereocenters. The Bertz CT molecular complexity index is 827. The maximum absolute atomic E-state index is 12.0. The lowest BCUT2D eigenvalue weighted by molar-refractivity contribution is -0.367. The lowest BCUT2D eigenvalue weighted by Crippen LogP contribution is -2.64. The molecule has 11 heteroatoms. The highest BCUT2D eigenvalue weighted by Crippen LogP contribution is 2.40. The first-order valence-corrected chi connectivity index (χ1v) is 12.3. The van der Waals surface area contributed by atoms with Gasteiger partial charge in [-0.15, -0.1) is 0 Å². The zero-order valence-electron chi connectivity index (χ0n) is 21.3. The van der Waals surface area contributed by atoms with Crippen LogP contribution in [0.25, 0.3) is 0 Å². The van der Waals surface area contributed by atoms with E-state index in [0.717, 1.165) is 5.57 Å². The van der Waals surface area contributed by atoms with Crippen LogP contribution < -0.4 is 0 Å². The Hall–Kier alpha value is -1.25. The van der Waals surface area contributed by atoms with Crippen molar-refractivity contribution in [2.75, 3.05) is 6.61 Å². The number of hydrogen-bond acceptors (Lipinski definition) is 11.